The van der Waals surface area contributed by atoms with Crippen molar-refractivity contribution in [3.8, 4) is 0 Å². The predicted octanol–water partition coefficient (Wildman–Crippen LogP) is 3.33. The molecule has 0 amide bonds. The molecular formula is C13H21BrN2S. The van der Waals surface area contributed by atoms with E-state index in [-0.39, 0.29) is 0 Å². The first-order valence-electron chi connectivity index (χ1n) is 6.40. The zero-order chi connectivity index (χ0) is 12.1. The van der Waals surface area contributed by atoms with Crippen LogP contribution in [0.2, 0.25) is 0 Å². The average molecular weight is 317 g/mol. The predicted molar refractivity (Wildman–Crippen MR) is 78.6 cm³/mol. The van der Waals surface area contributed by atoms with Crippen molar-refractivity contribution in [3.05, 3.63) is 20.8 Å². The van der Waals surface area contributed by atoms with Gasteiger partial charge in [-0.15, -0.1) is 11.3 Å². The van der Waals surface area contributed by atoms with Crippen molar-refractivity contribution in [2.45, 2.75) is 26.3 Å². The molecule has 0 aliphatic carbocycles. The normalized spacial score (nSPS) is 18.7. The van der Waals surface area contributed by atoms with Crippen molar-refractivity contribution in [2.24, 2.45) is 5.92 Å². The van der Waals surface area contributed by atoms with Gasteiger partial charge in [-0.3, -0.25) is 0 Å². The number of halogens is 1. The molecule has 1 atom stereocenters. The molecule has 1 aliphatic heterocycles. The summed E-state index contributed by atoms with van der Waals surface area (Å²) in [5.41, 5.74) is 1.38. The van der Waals surface area contributed by atoms with E-state index in [1.165, 1.54) is 41.8 Å². The van der Waals surface area contributed by atoms with Gasteiger partial charge in [0.2, 0.25) is 0 Å². The summed E-state index contributed by atoms with van der Waals surface area (Å²) in [4.78, 5) is 2.59. The fraction of sp³-hybridized carbons (Fsp3) is 0.692. The molecule has 1 N–H and O–H groups in total. The lowest BCUT2D eigenvalue weighted by molar-refractivity contribution is 0.282. The van der Waals surface area contributed by atoms with Gasteiger partial charge in [0, 0.05) is 13.1 Å². The van der Waals surface area contributed by atoms with E-state index in [9.17, 15) is 0 Å². The van der Waals surface area contributed by atoms with Gasteiger partial charge in [-0.2, -0.15) is 0 Å². The van der Waals surface area contributed by atoms with Crippen LogP contribution in [-0.4, -0.2) is 31.1 Å². The Hall–Kier alpha value is 0.1000. The number of hydrogen-bond donors (Lipinski definition) is 1. The number of rotatable bonds is 6. The summed E-state index contributed by atoms with van der Waals surface area (Å²) in [5.74, 6) is 0.746. The zero-order valence-corrected chi connectivity index (χ0v) is 12.8. The van der Waals surface area contributed by atoms with Gasteiger partial charge in [0.05, 0.1) is 3.79 Å². The van der Waals surface area contributed by atoms with Crippen LogP contribution >= 0.6 is 27.3 Å². The molecule has 0 radical (unpaired) electrons. The molecule has 4 heteroatoms. The summed E-state index contributed by atoms with van der Waals surface area (Å²) in [7, 11) is 0. The molecule has 1 aromatic rings. The maximum atomic E-state index is 3.55. The summed E-state index contributed by atoms with van der Waals surface area (Å²) in [6.07, 6.45) is 2.78. The van der Waals surface area contributed by atoms with E-state index in [4.69, 9.17) is 0 Å². The maximum absolute atomic E-state index is 3.55. The van der Waals surface area contributed by atoms with Crippen molar-refractivity contribution in [1.29, 1.82) is 0 Å². The van der Waals surface area contributed by atoms with Crippen molar-refractivity contribution in [3.63, 3.8) is 0 Å². The standard InChI is InChI=1S/C13H21BrN2S/c1-11(9-16-4-2-3-5-16)7-15-8-12-6-13(14)17-10-12/h6,10-11,15H,2-5,7-9H2,1H3. The molecule has 96 valence electrons. The Kier molecular flexibility index (Phi) is 5.48. The molecule has 0 bridgehead atoms. The SMILES string of the molecule is CC(CNCc1csc(Br)c1)CN1CCCC1. The van der Waals surface area contributed by atoms with Gasteiger partial charge in [0.15, 0.2) is 0 Å². The minimum absolute atomic E-state index is 0.746. The molecule has 0 spiro atoms. The Morgan fingerprint density at radius 2 is 2.24 bits per heavy atom. The molecule has 2 nitrogen and oxygen atoms in total. The molecule has 1 fully saturated rings. The lowest BCUT2D eigenvalue weighted by Gasteiger charge is -2.20. The van der Waals surface area contributed by atoms with Crippen molar-refractivity contribution in [2.75, 3.05) is 26.2 Å². The summed E-state index contributed by atoms with van der Waals surface area (Å²) in [6, 6.07) is 2.20. The molecule has 1 unspecified atom stereocenters. The molecule has 17 heavy (non-hydrogen) atoms. The van der Waals surface area contributed by atoms with Gasteiger partial charge in [0.1, 0.15) is 0 Å². The van der Waals surface area contributed by atoms with E-state index in [2.05, 4.69) is 44.5 Å². The second kappa shape index (κ2) is 6.88. The van der Waals surface area contributed by atoms with Crippen LogP contribution in [0.5, 0.6) is 0 Å². The van der Waals surface area contributed by atoms with E-state index in [0.29, 0.717) is 0 Å². The largest absolute Gasteiger partial charge is 0.312 e. The molecule has 0 saturated carbocycles. The van der Waals surface area contributed by atoms with Crippen LogP contribution in [-0.2, 0) is 6.54 Å². The first-order valence-corrected chi connectivity index (χ1v) is 8.07. The van der Waals surface area contributed by atoms with E-state index >= 15 is 0 Å². The Bertz CT molecular complexity index is 334. The quantitative estimate of drug-likeness (QED) is 0.866. The summed E-state index contributed by atoms with van der Waals surface area (Å²) in [5, 5.41) is 5.76. The molecular weight excluding hydrogens is 296 g/mol. The highest BCUT2D eigenvalue weighted by molar-refractivity contribution is 9.11. The third-order valence-electron chi connectivity index (χ3n) is 3.21. The molecule has 2 heterocycles. The molecule has 1 saturated heterocycles. The fourth-order valence-corrected chi connectivity index (χ4v) is 3.58. The van der Waals surface area contributed by atoms with Gasteiger partial charge >= 0.3 is 0 Å². The third kappa shape index (κ3) is 4.70. The van der Waals surface area contributed by atoms with E-state index < -0.39 is 0 Å². The highest BCUT2D eigenvalue weighted by Crippen LogP contribution is 2.20. The first-order chi connectivity index (χ1) is 8.24. The Morgan fingerprint density at radius 1 is 1.47 bits per heavy atom. The van der Waals surface area contributed by atoms with Crippen molar-refractivity contribution in [1.82, 2.24) is 10.2 Å². The number of nitrogens with zero attached hydrogens (tertiary/aromatic N) is 1. The van der Waals surface area contributed by atoms with Gasteiger partial charge in [0.25, 0.3) is 0 Å². The second-order valence-electron chi connectivity index (χ2n) is 5.00. The number of nitrogens with one attached hydrogen (secondary N) is 1. The molecule has 0 aromatic carbocycles. The Balaban J connectivity index is 1.60. The van der Waals surface area contributed by atoms with Crippen LogP contribution < -0.4 is 5.32 Å². The van der Waals surface area contributed by atoms with Gasteiger partial charge in [-0.1, -0.05) is 6.92 Å². The fourth-order valence-electron chi connectivity index (χ4n) is 2.37. The first kappa shape index (κ1) is 13.5. The van der Waals surface area contributed by atoms with E-state index in [1.807, 2.05) is 0 Å². The topological polar surface area (TPSA) is 15.3 Å². The minimum Gasteiger partial charge on any atom is -0.312 e. The molecule has 1 aromatic heterocycles. The third-order valence-corrected chi connectivity index (χ3v) is 4.77. The minimum atomic E-state index is 0.746. The number of thiophene rings is 1. The van der Waals surface area contributed by atoms with Crippen LogP contribution in [0.1, 0.15) is 25.3 Å². The molecule has 2 rings (SSSR count). The van der Waals surface area contributed by atoms with Crippen molar-refractivity contribution >= 4 is 27.3 Å². The maximum Gasteiger partial charge on any atom is 0.0701 e. The summed E-state index contributed by atoms with van der Waals surface area (Å²) < 4.78 is 1.22. The monoisotopic (exact) mass is 316 g/mol. The lowest BCUT2D eigenvalue weighted by Crippen LogP contribution is -2.31. The van der Waals surface area contributed by atoms with E-state index in [0.717, 1.165) is 19.0 Å². The highest BCUT2D eigenvalue weighted by atomic mass is 79.9. The summed E-state index contributed by atoms with van der Waals surface area (Å²) in [6.45, 7) is 8.31. The second-order valence-corrected chi connectivity index (χ2v) is 7.29. The van der Waals surface area contributed by atoms with Crippen LogP contribution in [0.3, 0.4) is 0 Å². The Labute approximate surface area is 117 Å². The van der Waals surface area contributed by atoms with Crippen LogP contribution in [0, 0.1) is 5.92 Å². The van der Waals surface area contributed by atoms with Gasteiger partial charge < -0.3 is 10.2 Å². The smallest absolute Gasteiger partial charge is 0.0701 e. The lowest BCUT2D eigenvalue weighted by atomic mass is 10.1. The van der Waals surface area contributed by atoms with Crippen LogP contribution in [0.15, 0.2) is 15.2 Å². The number of hydrogen-bond acceptors (Lipinski definition) is 3. The van der Waals surface area contributed by atoms with Gasteiger partial charge in [-0.25, -0.2) is 0 Å². The average Bonchev–Trinajstić information content (AvgIpc) is 2.90. The Morgan fingerprint density at radius 3 is 2.88 bits per heavy atom. The van der Waals surface area contributed by atoms with Crippen LogP contribution in [0.25, 0.3) is 0 Å². The highest BCUT2D eigenvalue weighted by Gasteiger charge is 2.14. The number of likely N-dealkylation sites (tertiary alicyclic amines) is 1. The van der Waals surface area contributed by atoms with E-state index in [1.54, 1.807) is 11.3 Å². The summed E-state index contributed by atoms with van der Waals surface area (Å²) >= 11 is 5.25. The van der Waals surface area contributed by atoms with Crippen molar-refractivity contribution < 1.29 is 0 Å². The van der Waals surface area contributed by atoms with Gasteiger partial charge in [-0.05, 0) is 71.3 Å². The van der Waals surface area contributed by atoms with Crippen LogP contribution in [0.4, 0.5) is 0 Å². The zero-order valence-electron chi connectivity index (χ0n) is 10.4. The molecule has 1 aliphatic rings.